The largest absolute Gasteiger partial charge is 0.481 e. The lowest BCUT2D eigenvalue weighted by Gasteiger charge is -2.24. The van der Waals surface area contributed by atoms with Gasteiger partial charge >= 0.3 is 0 Å². The van der Waals surface area contributed by atoms with Crippen LogP contribution in [0.2, 0.25) is 0 Å². The molecule has 0 spiro atoms. The molecule has 3 rings (SSSR count). The van der Waals surface area contributed by atoms with E-state index in [1.165, 1.54) is 0 Å². The number of rotatable bonds is 6. The minimum absolute atomic E-state index is 0.110. The van der Waals surface area contributed by atoms with Crippen LogP contribution in [0.1, 0.15) is 28.4 Å². The Morgan fingerprint density at radius 1 is 1.26 bits per heavy atom. The Kier molecular flexibility index (Phi) is 5.51. The van der Waals surface area contributed by atoms with Gasteiger partial charge in [0, 0.05) is 17.8 Å². The summed E-state index contributed by atoms with van der Waals surface area (Å²) in [5, 5.41) is 3.01. The minimum Gasteiger partial charge on any atom is -0.481 e. The fourth-order valence-corrected chi connectivity index (χ4v) is 3.25. The third-order valence-electron chi connectivity index (χ3n) is 4.55. The van der Waals surface area contributed by atoms with E-state index in [1.54, 1.807) is 7.11 Å². The average molecular weight is 371 g/mol. The molecule has 1 amide bonds. The summed E-state index contributed by atoms with van der Waals surface area (Å²) < 4.78 is 16.2. The number of amides is 1. The van der Waals surface area contributed by atoms with Gasteiger partial charge < -0.3 is 19.5 Å². The highest BCUT2D eigenvalue weighted by molar-refractivity contribution is 5.83. The van der Waals surface area contributed by atoms with Crippen LogP contribution in [0, 0.1) is 13.8 Å². The van der Waals surface area contributed by atoms with Gasteiger partial charge in [0.1, 0.15) is 6.04 Å². The highest BCUT2D eigenvalue weighted by Gasteiger charge is 2.26. The number of benzene rings is 1. The molecular weight excluding hydrogens is 346 g/mol. The van der Waals surface area contributed by atoms with Crippen LogP contribution in [0.5, 0.6) is 17.4 Å². The van der Waals surface area contributed by atoms with Gasteiger partial charge in [-0.05, 0) is 57.3 Å². The smallest absolute Gasteiger partial charge is 0.242 e. The molecule has 1 aromatic carbocycles. The third kappa shape index (κ3) is 3.98. The standard InChI is InChI=1S/C20H25N3O4/c1-12-8-13(2)22-20(25-5)15(12)10-21-19(24)18(23(3)4)14-6-7-16-17(9-14)27-11-26-16/h6-9,18H,10-11H2,1-5H3,(H,21,24)/t18-/m1/s1. The molecule has 27 heavy (non-hydrogen) atoms. The Hall–Kier alpha value is -2.80. The van der Waals surface area contributed by atoms with Crippen molar-refractivity contribution in [1.82, 2.24) is 15.2 Å². The van der Waals surface area contributed by atoms with Crippen LogP contribution < -0.4 is 19.5 Å². The molecule has 1 aromatic heterocycles. The Morgan fingerprint density at radius 2 is 2.00 bits per heavy atom. The molecule has 1 N–H and O–H groups in total. The number of carbonyl (C=O) groups excluding carboxylic acids is 1. The van der Waals surface area contributed by atoms with Gasteiger partial charge in [0.05, 0.1) is 7.11 Å². The predicted molar refractivity (Wildman–Crippen MR) is 101 cm³/mol. The molecule has 1 aliphatic rings. The number of nitrogens with one attached hydrogen (secondary N) is 1. The number of methoxy groups -OCH3 is 1. The van der Waals surface area contributed by atoms with Gasteiger partial charge in [-0.3, -0.25) is 9.69 Å². The van der Waals surface area contributed by atoms with Gasteiger partial charge in [0.15, 0.2) is 11.5 Å². The van der Waals surface area contributed by atoms with E-state index in [9.17, 15) is 4.79 Å². The molecule has 2 aromatic rings. The topological polar surface area (TPSA) is 72.9 Å². The van der Waals surface area contributed by atoms with E-state index in [4.69, 9.17) is 14.2 Å². The first-order valence-corrected chi connectivity index (χ1v) is 8.75. The third-order valence-corrected chi connectivity index (χ3v) is 4.55. The number of aryl methyl sites for hydroxylation is 2. The first-order valence-electron chi connectivity index (χ1n) is 8.75. The number of pyridine rings is 1. The van der Waals surface area contributed by atoms with E-state index < -0.39 is 6.04 Å². The van der Waals surface area contributed by atoms with Crippen LogP contribution >= 0.6 is 0 Å². The summed E-state index contributed by atoms with van der Waals surface area (Å²) in [7, 11) is 5.32. The van der Waals surface area contributed by atoms with Gasteiger partial charge in [0.25, 0.3) is 0 Å². The molecule has 0 radical (unpaired) electrons. The summed E-state index contributed by atoms with van der Waals surface area (Å²) >= 11 is 0. The van der Waals surface area contributed by atoms with Gasteiger partial charge in [-0.25, -0.2) is 4.98 Å². The van der Waals surface area contributed by atoms with Crippen molar-refractivity contribution in [3.05, 3.63) is 46.6 Å². The van der Waals surface area contributed by atoms with Gasteiger partial charge in [0.2, 0.25) is 18.6 Å². The summed E-state index contributed by atoms with van der Waals surface area (Å²) in [5.74, 6) is 1.79. The van der Waals surface area contributed by atoms with Crippen molar-refractivity contribution >= 4 is 5.91 Å². The van der Waals surface area contributed by atoms with Crippen LogP contribution in [0.4, 0.5) is 0 Å². The molecule has 1 aliphatic heterocycles. The molecule has 7 nitrogen and oxygen atoms in total. The maximum absolute atomic E-state index is 13.0. The Labute approximate surface area is 159 Å². The van der Waals surface area contributed by atoms with E-state index in [1.807, 2.05) is 57.1 Å². The lowest BCUT2D eigenvalue weighted by Crippen LogP contribution is -2.37. The second kappa shape index (κ2) is 7.84. The predicted octanol–water partition coefficient (Wildman–Crippen LogP) is 2.35. The van der Waals surface area contributed by atoms with Crippen LogP contribution in [0.15, 0.2) is 24.3 Å². The maximum Gasteiger partial charge on any atom is 0.242 e. The van der Waals surface area contributed by atoms with Crippen molar-refractivity contribution < 1.29 is 19.0 Å². The molecule has 0 saturated heterocycles. The Morgan fingerprint density at radius 3 is 2.70 bits per heavy atom. The zero-order chi connectivity index (χ0) is 19.6. The second-order valence-electron chi connectivity index (χ2n) is 6.77. The molecule has 0 bridgehead atoms. The van der Waals surface area contributed by atoms with E-state index in [0.717, 1.165) is 22.4 Å². The number of ether oxygens (including phenoxy) is 3. The van der Waals surface area contributed by atoms with E-state index >= 15 is 0 Å². The molecule has 0 aliphatic carbocycles. The van der Waals surface area contributed by atoms with Crippen molar-refractivity contribution in [2.24, 2.45) is 0 Å². The zero-order valence-corrected chi connectivity index (χ0v) is 16.3. The molecule has 2 heterocycles. The Bertz CT molecular complexity index is 851. The molecule has 7 heteroatoms. The molecular formula is C20H25N3O4. The van der Waals surface area contributed by atoms with E-state index in [0.29, 0.717) is 23.9 Å². The summed E-state index contributed by atoms with van der Waals surface area (Å²) in [6.45, 7) is 4.45. The summed E-state index contributed by atoms with van der Waals surface area (Å²) in [6.07, 6.45) is 0. The lowest BCUT2D eigenvalue weighted by atomic mass is 10.0. The normalized spacial score (nSPS) is 13.6. The quantitative estimate of drug-likeness (QED) is 0.840. The second-order valence-corrected chi connectivity index (χ2v) is 6.77. The molecule has 0 saturated carbocycles. The minimum atomic E-state index is -0.454. The van der Waals surface area contributed by atoms with Crippen LogP contribution in [0.3, 0.4) is 0 Å². The van der Waals surface area contributed by atoms with Crippen molar-refractivity contribution in [3.63, 3.8) is 0 Å². The number of aromatic nitrogens is 1. The number of fused-ring (bicyclic) bond motifs is 1. The van der Waals surface area contributed by atoms with Gasteiger partial charge in [-0.1, -0.05) is 6.07 Å². The first kappa shape index (κ1) is 19.0. The number of likely N-dealkylation sites (N-methyl/N-ethyl adjacent to an activating group) is 1. The van der Waals surface area contributed by atoms with Crippen LogP contribution in [0.25, 0.3) is 0 Å². The molecule has 144 valence electrons. The van der Waals surface area contributed by atoms with Crippen molar-refractivity contribution in [2.75, 3.05) is 28.0 Å². The number of hydrogen-bond donors (Lipinski definition) is 1. The number of hydrogen-bond acceptors (Lipinski definition) is 6. The average Bonchev–Trinajstić information content (AvgIpc) is 3.08. The number of carbonyl (C=O) groups is 1. The fraction of sp³-hybridized carbons (Fsp3) is 0.400. The van der Waals surface area contributed by atoms with E-state index in [-0.39, 0.29) is 12.7 Å². The summed E-state index contributed by atoms with van der Waals surface area (Å²) in [6, 6.07) is 7.09. The molecule has 0 fully saturated rings. The van der Waals surface area contributed by atoms with Gasteiger partial charge in [-0.2, -0.15) is 0 Å². The summed E-state index contributed by atoms with van der Waals surface area (Å²) in [4.78, 5) is 19.2. The highest BCUT2D eigenvalue weighted by atomic mass is 16.7. The zero-order valence-electron chi connectivity index (χ0n) is 16.3. The molecule has 0 unspecified atom stereocenters. The molecule has 1 atom stereocenters. The van der Waals surface area contributed by atoms with Crippen molar-refractivity contribution in [2.45, 2.75) is 26.4 Å². The van der Waals surface area contributed by atoms with Crippen LogP contribution in [-0.4, -0.2) is 43.8 Å². The Balaban J connectivity index is 1.79. The highest BCUT2D eigenvalue weighted by Crippen LogP contribution is 2.35. The SMILES string of the molecule is COc1nc(C)cc(C)c1CNC(=O)[C@@H](c1ccc2c(c1)OCO2)N(C)C. The van der Waals surface area contributed by atoms with E-state index in [2.05, 4.69) is 10.3 Å². The summed E-state index contributed by atoms with van der Waals surface area (Å²) in [5.41, 5.74) is 3.63. The maximum atomic E-state index is 13.0. The lowest BCUT2D eigenvalue weighted by molar-refractivity contribution is -0.125. The van der Waals surface area contributed by atoms with Crippen molar-refractivity contribution in [1.29, 1.82) is 0 Å². The first-order chi connectivity index (χ1) is 12.9. The monoisotopic (exact) mass is 371 g/mol. The van der Waals surface area contributed by atoms with Gasteiger partial charge in [-0.15, -0.1) is 0 Å². The van der Waals surface area contributed by atoms with Crippen molar-refractivity contribution in [3.8, 4) is 17.4 Å². The fourth-order valence-electron chi connectivity index (χ4n) is 3.25. The van der Waals surface area contributed by atoms with Crippen LogP contribution in [-0.2, 0) is 11.3 Å². The number of nitrogens with zero attached hydrogens (tertiary/aromatic N) is 2.